The van der Waals surface area contributed by atoms with E-state index in [4.69, 9.17) is 18.9 Å². The number of morpholine rings is 1. The molecule has 0 unspecified atom stereocenters. The standard InChI is InChI=1S/C39H65NO7/c1-22(2)40-17-18-44-29(20-40)47-28-13-14-38-21-39(38)16-15-36(9)30-23(3)19-25(33(35(7,8)43)45-24(4)41)46-31(30)32(42)37(36,10)27(39)12-11-26(38)34(28,5)6/h22-23,25-33,42-43H,11-21H2,1-10H3/t23-,25-,26+,27+,28+,29+,30+,31+,32+,33+,36-,37-,38-,39+/m1/s1. The Morgan fingerprint density at radius 2 is 1.70 bits per heavy atom. The van der Waals surface area contributed by atoms with Crippen molar-refractivity contribution in [1.82, 2.24) is 4.90 Å². The summed E-state index contributed by atoms with van der Waals surface area (Å²) in [5.74, 6) is 1.15. The van der Waals surface area contributed by atoms with Gasteiger partial charge in [0.25, 0.3) is 0 Å². The summed E-state index contributed by atoms with van der Waals surface area (Å²) >= 11 is 0. The zero-order chi connectivity index (χ0) is 34.1. The van der Waals surface area contributed by atoms with Gasteiger partial charge in [-0.1, -0.05) is 34.6 Å². The number of ether oxygens (including phenoxy) is 4. The Bertz CT molecular complexity index is 1230. The number of carbonyl (C=O) groups excluding carboxylic acids is 1. The van der Waals surface area contributed by atoms with Crippen LogP contribution in [-0.4, -0.2) is 89.2 Å². The Morgan fingerprint density at radius 1 is 1.02 bits per heavy atom. The normalized spacial score (nSPS) is 51.2. The highest BCUT2D eigenvalue weighted by atomic mass is 16.7. The highest BCUT2D eigenvalue weighted by Crippen LogP contribution is 2.89. The summed E-state index contributed by atoms with van der Waals surface area (Å²) < 4.78 is 25.6. The predicted molar refractivity (Wildman–Crippen MR) is 179 cm³/mol. The van der Waals surface area contributed by atoms with E-state index in [0.717, 1.165) is 39.0 Å². The molecule has 5 saturated carbocycles. The van der Waals surface area contributed by atoms with Crippen molar-refractivity contribution in [2.24, 2.45) is 50.7 Å². The lowest BCUT2D eigenvalue weighted by molar-refractivity contribution is -0.250. The molecule has 2 spiro atoms. The second-order valence-corrected chi connectivity index (χ2v) is 19.3. The van der Waals surface area contributed by atoms with E-state index in [1.54, 1.807) is 13.8 Å². The number of hydrogen-bond donors (Lipinski definition) is 2. The van der Waals surface area contributed by atoms with Crippen LogP contribution in [0.5, 0.6) is 0 Å². The molecule has 2 saturated heterocycles. The van der Waals surface area contributed by atoms with E-state index in [0.29, 0.717) is 29.7 Å². The molecule has 7 rings (SSSR count). The van der Waals surface area contributed by atoms with E-state index in [1.807, 2.05) is 0 Å². The molecule has 14 atom stereocenters. The van der Waals surface area contributed by atoms with E-state index in [9.17, 15) is 15.0 Å². The Kier molecular flexibility index (Phi) is 8.20. The topological polar surface area (TPSA) is 97.7 Å². The molecule has 0 aromatic heterocycles. The number of aliphatic hydroxyl groups is 2. The van der Waals surface area contributed by atoms with Gasteiger partial charge in [0, 0.05) is 31.5 Å². The molecule has 268 valence electrons. The van der Waals surface area contributed by atoms with Gasteiger partial charge in [0.2, 0.25) is 0 Å². The molecule has 0 aromatic rings. The number of nitrogens with zero attached hydrogens (tertiary/aromatic N) is 1. The second kappa shape index (κ2) is 11.1. The molecule has 0 amide bonds. The lowest BCUT2D eigenvalue weighted by Gasteiger charge is -2.64. The van der Waals surface area contributed by atoms with Crippen LogP contribution in [0.2, 0.25) is 0 Å². The van der Waals surface area contributed by atoms with Gasteiger partial charge in [0.05, 0.1) is 36.6 Å². The maximum Gasteiger partial charge on any atom is 0.303 e. The van der Waals surface area contributed by atoms with Crippen molar-refractivity contribution in [3.63, 3.8) is 0 Å². The fourth-order valence-corrected chi connectivity index (χ4v) is 14.0. The summed E-state index contributed by atoms with van der Waals surface area (Å²) in [6.45, 7) is 24.0. The average molecular weight is 660 g/mol. The number of esters is 1. The summed E-state index contributed by atoms with van der Waals surface area (Å²) in [6, 6.07) is 0.499. The molecule has 8 heteroatoms. The number of rotatable bonds is 6. The van der Waals surface area contributed by atoms with E-state index in [1.165, 1.54) is 32.6 Å². The molecule has 47 heavy (non-hydrogen) atoms. The van der Waals surface area contributed by atoms with Crippen LogP contribution in [0.15, 0.2) is 0 Å². The molecule has 7 fully saturated rings. The van der Waals surface area contributed by atoms with Crippen molar-refractivity contribution < 1.29 is 34.0 Å². The van der Waals surface area contributed by atoms with Crippen molar-refractivity contribution in [3.05, 3.63) is 0 Å². The number of aliphatic hydroxyl groups excluding tert-OH is 1. The van der Waals surface area contributed by atoms with Crippen molar-refractivity contribution >= 4 is 5.97 Å². The SMILES string of the molecule is CC(=O)O[C@@H]([C@H]1C[C@@H](C)[C@H]2[C@H](O1)[C@H](O)[C@@]1(C)[C@@H]3CC[C@H]4C(C)(C)[C@@H](O[C@H]5CN(C(C)C)CCO5)CC[C@@]45C[C@@]35CC[C@]21C)C(C)(C)O. The molecule has 2 heterocycles. The molecule has 8 nitrogen and oxygen atoms in total. The highest BCUT2D eigenvalue weighted by molar-refractivity contribution is 5.66. The van der Waals surface area contributed by atoms with Crippen molar-refractivity contribution in [2.45, 2.75) is 169 Å². The fourth-order valence-electron chi connectivity index (χ4n) is 14.0. The summed E-state index contributed by atoms with van der Waals surface area (Å²) in [5.41, 5.74) is -0.902. The molecule has 7 aliphatic rings. The van der Waals surface area contributed by atoms with E-state index in [2.05, 4.69) is 53.4 Å². The summed E-state index contributed by atoms with van der Waals surface area (Å²) in [6.07, 6.45) is 6.85. The minimum absolute atomic E-state index is 0.0455. The Balaban J connectivity index is 1.13. The fraction of sp³-hybridized carbons (Fsp3) is 0.974. The molecule has 2 N–H and O–H groups in total. The first kappa shape index (κ1) is 34.7. The first-order valence-electron chi connectivity index (χ1n) is 19.1. The van der Waals surface area contributed by atoms with E-state index < -0.39 is 29.9 Å². The van der Waals surface area contributed by atoms with Crippen molar-refractivity contribution in [2.75, 3.05) is 19.7 Å². The van der Waals surface area contributed by atoms with Crippen LogP contribution in [0.1, 0.15) is 121 Å². The van der Waals surface area contributed by atoms with E-state index >= 15 is 0 Å². The minimum Gasteiger partial charge on any atom is -0.457 e. The smallest absolute Gasteiger partial charge is 0.303 e. The maximum absolute atomic E-state index is 12.6. The van der Waals surface area contributed by atoms with Gasteiger partial charge < -0.3 is 29.2 Å². The van der Waals surface area contributed by atoms with Crippen LogP contribution in [-0.2, 0) is 23.7 Å². The Morgan fingerprint density at radius 3 is 2.36 bits per heavy atom. The Hall–Kier alpha value is -0.770. The monoisotopic (exact) mass is 659 g/mol. The van der Waals surface area contributed by atoms with Gasteiger partial charge in [-0.15, -0.1) is 0 Å². The quantitative estimate of drug-likeness (QED) is 0.338. The zero-order valence-electron chi connectivity index (χ0n) is 31.0. The number of hydrogen-bond acceptors (Lipinski definition) is 8. The molecule has 0 radical (unpaired) electrons. The maximum atomic E-state index is 12.6. The summed E-state index contributed by atoms with van der Waals surface area (Å²) in [4.78, 5) is 14.6. The van der Waals surface area contributed by atoms with Gasteiger partial charge in [-0.25, -0.2) is 0 Å². The molecular weight excluding hydrogens is 594 g/mol. The van der Waals surface area contributed by atoms with Crippen LogP contribution < -0.4 is 0 Å². The highest BCUT2D eigenvalue weighted by Gasteiger charge is 2.84. The largest absolute Gasteiger partial charge is 0.457 e. The number of fused-ring (bicyclic) bond motifs is 4. The van der Waals surface area contributed by atoms with Crippen LogP contribution in [0.3, 0.4) is 0 Å². The third-order valence-corrected chi connectivity index (χ3v) is 16.2. The predicted octanol–water partition coefficient (Wildman–Crippen LogP) is 5.95. The Labute approximate surface area is 284 Å². The second-order valence-electron chi connectivity index (χ2n) is 19.3. The van der Waals surface area contributed by atoms with Gasteiger partial charge in [-0.2, -0.15) is 0 Å². The van der Waals surface area contributed by atoms with Gasteiger partial charge in [-0.05, 0) is 124 Å². The van der Waals surface area contributed by atoms with Gasteiger partial charge in [0.15, 0.2) is 12.4 Å². The lowest BCUT2D eigenvalue weighted by Crippen LogP contribution is -2.60. The van der Waals surface area contributed by atoms with Gasteiger partial charge >= 0.3 is 5.97 Å². The molecule has 0 bridgehead atoms. The molecule has 5 aliphatic carbocycles. The zero-order valence-corrected chi connectivity index (χ0v) is 31.0. The van der Waals surface area contributed by atoms with Crippen LogP contribution in [0, 0.1) is 50.7 Å². The third-order valence-electron chi connectivity index (χ3n) is 16.2. The molecule has 0 aromatic carbocycles. The van der Waals surface area contributed by atoms with E-state index in [-0.39, 0.29) is 52.0 Å². The average Bonchev–Trinajstić information content (AvgIpc) is 3.61. The van der Waals surface area contributed by atoms with Crippen LogP contribution in [0.4, 0.5) is 0 Å². The van der Waals surface area contributed by atoms with Gasteiger partial charge in [-0.3, -0.25) is 9.69 Å². The van der Waals surface area contributed by atoms with Crippen LogP contribution in [0.25, 0.3) is 0 Å². The minimum atomic E-state index is -1.25. The molecular formula is C39H65NO7. The molecule has 2 aliphatic heterocycles. The first-order valence-corrected chi connectivity index (χ1v) is 19.1. The van der Waals surface area contributed by atoms with Crippen LogP contribution >= 0.6 is 0 Å². The van der Waals surface area contributed by atoms with Gasteiger partial charge in [0.1, 0.15) is 0 Å². The number of carbonyl (C=O) groups is 1. The summed E-state index contributed by atoms with van der Waals surface area (Å²) in [5, 5.41) is 23.6. The van der Waals surface area contributed by atoms with Crippen molar-refractivity contribution in [3.8, 4) is 0 Å². The first-order chi connectivity index (χ1) is 21.8. The summed E-state index contributed by atoms with van der Waals surface area (Å²) in [7, 11) is 0. The third kappa shape index (κ3) is 4.76. The lowest BCUT2D eigenvalue weighted by atomic mass is 9.41. The van der Waals surface area contributed by atoms with Crippen molar-refractivity contribution in [1.29, 1.82) is 0 Å².